The molecule has 2 aromatic rings. The molecule has 0 saturated carbocycles. The first kappa shape index (κ1) is 17.7. The highest BCUT2D eigenvalue weighted by molar-refractivity contribution is 9.10. The third kappa shape index (κ3) is 4.92. The van der Waals surface area contributed by atoms with Crippen molar-refractivity contribution in [1.29, 1.82) is 0 Å². The molecule has 0 fully saturated rings. The van der Waals surface area contributed by atoms with Gasteiger partial charge in [-0.3, -0.25) is 20.4 Å². The molecule has 0 unspecified atom stereocenters. The molecular weight excluding hydrogens is 376 g/mol. The van der Waals surface area contributed by atoms with Crippen molar-refractivity contribution < 1.29 is 19.1 Å². The zero-order valence-electron chi connectivity index (χ0n) is 12.8. The van der Waals surface area contributed by atoms with E-state index in [9.17, 15) is 14.4 Å². The lowest BCUT2D eigenvalue weighted by molar-refractivity contribution is -0.125. The highest BCUT2D eigenvalue weighted by Crippen LogP contribution is 2.10. The van der Waals surface area contributed by atoms with Crippen molar-refractivity contribution in [2.45, 2.75) is 6.92 Å². The summed E-state index contributed by atoms with van der Waals surface area (Å²) >= 11 is 3.27. The van der Waals surface area contributed by atoms with Crippen molar-refractivity contribution in [3.8, 4) is 0 Å². The number of amides is 2. The van der Waals surface area contributed by atoms with E-state index in [0.29, 0.717) is 11.1 Å². The van der Waals surface area contributed by atoms with Crippen LogP contribution in [0.1, 0.15) is 26.3 Å². The van der Waals surface area contributed by atoms with Crippen LogP contribution in [0.5, 0.6) is 0 Å². The fourth-order valence-electron chi connectivity index (χ4n) is 1.85. The Bertz CT molecular complexity index is 759. The van der Waals surface area contributed by atoms with Crippen LogP contribution in [0.3, 0.4) is 0 Å². The fourth-order valence-corrected chi connectivity index (χ4v) is 2.11. The van der Waals surface area contributed by atoms with Gasteiger partial charge in [-0.2, -0.15) is 0 Å². The Labute approximate surface area is 147 Å². The van der Waals surface area contributed by atoms with Crippen LogP contribution < -0.4 is 10.9 Å². The number of aryl methyl sites for hydroxylation is 1. The lowest BCUT2D eigenvalue weighted by atomic mass is 10.1. The monoisotopic (exact) mass is 390 g/mol. The molecule has 2 N–H and O–H groups in total. The van der Waals surface area contributed by atoms with Gasteiger partial charge in [0.1, 0.15) is 0 Å². The standard InChI is InChI=1S/C17H15BrN2O4/c1-11-4-2-3-5-14(11)17(23)24-10-15(21)19-20-16(22)12-6-8-13(18)9-7-12/h2-9H,10H2,1H3,(H,19,21)(H,20,22). The predicted molar refractivity (Wildman–Crippen MR) is 91.2 cm³/mol. The normalized spacial score (nSPS) is 9.92. The summed E-state index contributed by atoms with van der Waals surface area (Å²) in [5.74, 6) is -1.70. The first-order valence-electron chi connectivity index (χ1n) is 7.05. The molecule has 24 heavy (non-hydrogen) atoms. The van der Waals surface area contributed by atoms with Crippen LogP contribution >= 0.6 is 15.9 Å². The molecule has 0 aromatic heterocycles. The van der Waals surface area contributed by atoms with Crippen LogP contribution in [0.2, 0.25) is 0 Å². The molecule has 0 aliphatic rings. The zero-order chi connectivity index (χ0) is 17.5. The highest BCUT2D eigenvalue weighted by atomic mass is 79.9. The number of esters is 1. The zero-order valence-corrected chi connectivity index (χ0v) is 14.4. The maximum absolute atomic E-state index is 11.9. The van der Waals surface area contributed by atoms with Crippen LogP contribution in [-0.4, -0.2) is 24.4 Å². The van der Waals surface area contributed by atoms with E-state index < -0.39 is 24.4 Å². The number of carbonyl (C=O) groups excluding carboxylic acids is 3. The summed E-state index contributed by atoms with van der Waals surface area (Å²) in [5.41, 5.74) is 5.97. The van der Waals surface area contributed by atoms with E-state index in [1.807, 2.05) is 0 Å². The molecular formula is C17H15BrN2O4. The number of hydrogen-bond acceptors (Lipinski definition) is 4. The van der Waals surface area contributed by atoms with Crippen LogP contribution in [-0.2, 0) is 9.53 Å². The van der Waals surface area contributed by atoms with Gasteiger partial charge >= 0.3 is 5.97 Å². The number of ether oxygens (including phenoxy) is 1. The maximum atomic E-state index is 11.9. The van der Waals surface area contributed by atoms with E-state index >= 15 is 0 Å². The van der Waals surface area contributed by atoms with Crippen LogP contribution in [0, 0.1) is 6.92 Å². The van der Waals surface area contributed by atoms with Crippen molar-refractivity contribution in [2.75, 3.05) is 6.61 Å². The van der Waals surface area contributed by atoms with Crippen molar-refractivity contribution in [2.24, 2.45) is 0 Å². The third-order valence-electron chi connectivity index (χ3n) is 3.12. The van der Waals surface area contributed by atoms with E-state index in [1.165, 1.54) is 0 Å². The summed E-state index contributed by atoms with van der Waals surface area (Å²) in [6.07, 6.45) is 0. The average molecular weight is 391 g/mol. The minimum Gasteiger partial charge on any atom is -0.452 e. The molecule has 0 heterocycles. The number of hydrazine groups is 1. The second-order valence-electron chi connectivity index (χ2n) is 4.90. The van der Waals surface area contributed by atoms with Gasteiger partial charge in [0.25, 0.3) is 11.8 Å². The molecule has 0 atom stereocenters. The number of carbonyl (C=O) groups is 3. The van der Waals surface area contributed by atoms with Crippen LogP contribution in [0.15, 0.2) is 53.0 Å². The summed E-state index contributed by atoms with van der Waals surface area (Å²) in [4.78, 5) is 35.3. The Balaban J connectivity index is 1.79. The Morgan fingerprint density at radius 1 is 1.00 bits per heavy atom. The van der Waals surface area contributed by atoms with Gasteiger partial charge in [0, 0.05) is 10.0 Å². The fraction of sp³-hybridized carbons (Fsp3) is 0.118. The Kier molecular flexibility index (Phi) is 6.08. The van der Waals surface area contributed by atoms with Gasteiger partial charge in [-0.25, -0.2) is 4.79 Å². The molecule has 2 aromatic carbocycles. The molecule has 0 aliphatic carbocycles. The van der Waals surface area contributed by atoms with Gasteiger partial charge in [0.15, 0.2) is 6.61 Å². The highest BCUT2D eigenvalue weighted by Gasteiger charge is 2.13. The second kappa shape index (κ2) is 8.26. The second-order valence-corrected chi connectivity index (χ2v) is 5.82. The van der Waals surface area contributed by atoms with Gasteiger partial charge in [0.05, 0.1) is 5.56 Å². The SMILES string of the molecule is Cc1ccccc1C(=O)OCC(=O)NNC(=O)c1ccc(Br)cc1. The van der Waals surface area contributed by atoms with Gasteiger partial charge in [0.2, 0.25) is 0 Å². The average Bonchev–Trinajstić information content (AvgIpc) is 2.58. The van der Waals surface area contributed by atoms with Crippen molar-refractivity contribution in [3.63, 3.8) is 0 Å². The lowest BCUT2D eigenvalue weighted by Crippen LogP contribution is -2.43. The molecule has 0 aliphatic heterocycles. The lowest BCUT2D eigenvalue weighted by Gasteiger charge is -2.09. The number of nitrogens with one attached hydrogen (secondary N) is 2. The maximum Gasteiger partial charge on any atom is 0.338 e. The first-order chi connectivity index (χ1) is 11.5. The summed E-state index contributed by atoms with van der Waals surface area (Å²) < 4.78 is 5.76. The topological polar surface area (TPSA) is 84.5 Å². The molecule has 2 amide bonds. The molecule has 6 nitrogen and oxygen atoms in total. The number of halogens is 1. The quantitative estimate of drug-likeness (QED) is 0.619. The Hall–Kier alpha value is -2.67. The van der Waals surface area contributed by atoms with Crippen molar-refractivity contribution in [3.05, 3.63) is 69.7 Å². The number of benzene rings is 2. The van der Waals surface area contributed by atoms with Crippen molar-refractivity contribution >= 4 is 33.7 Å². The van der Waals surface area contributed by atoms with E-state index in [2.05, 4.69) is 26.8 Å². The minimum absolute atomic E-state index is 0.385. The smallest absolute Gasteiger partial charge is 0.338 e. The summed E-state index contributed by atoms with van der Waals surface area (Å²) in [6.45, 7) is 1.28. The molecule has 7 heteroatoms. The summed E-state index contributed by atoms with van der Waals surface area (Å²) in [7, 11) is 0. The Morgan fingerprint density at radius 2 is 1.67 bits per heavy atom. The predicted octanol–water partition coefficient (Wildman–Crippen LogP) is 2.38. The van der Waals surface area contributed by atoms with E-state index in [0.717, 1.165) is 10.0 Å². The molecule has 0 bridgehead atoms. The summed E-state index contributed by atoms with van der Waals surface area (Å²) in [6, 6.07) is 13.5. The van der Waals surface area contributed by atoms with Crippen molar-refractivity contribution in [1.82, 2.24) is 10.9 Å². The van der Waals surface area contributed by atoms with Gasteiger partial charge < -0.3 is 4.74 Å². The number of hydrogen-bond donors (Lipinski definition) is 2. The minimum atomic E-state index is -0.637. The van der Waals surface area contributed by atoms with E-state index in [1.54, 1.807) is 55.5 Å². The third-order valence-corrected chi connectivity index (χ3v) is 3.65. The van der Waals surface area contributed by atoms with Gasteiger partial charge in [-0.1, -0.05) is 34.1 Å². The van der Waals surface area contributed by atoms with E-state index in [-0.39, 0.29) is 0 Å². The summed E-state index contributed by atoms with van der Waals surface area (Å²) in [5, 5.41) is 0. The van der Waals surface area contributed by atoms with Crippen LogP contribution in [0.25, 0.3) is 0 Å². The molecule has 124 valence electrons. The molecule has 0 radical (unpaired) electrons. The first-order valence-corrected chi connectivity index (χ1v) is 7.84. The van der Waals surface area contributed by atoms with Gasteiger partial charge in [-0.15, -0.1) is 0 Å². The molecule has 0 spiro atoms. The molecule has 0 saturated heterocycles. The number of rotatable bonds is 4. The van der Waals surface area contributed by atoms with Crippen LogP contribution in [0.4, 0.5) is 0 Å². The Morgan fingerprint density at radius 3 is 2.33 bits per heavy atom. The van der Waals surface area contributed by atoms with E-state index in [4.69, 9.17) is 4.74 Å². The largest absolute Gasteiger partial charge is 0.452 e. The molecule has 2 rings (SSSR count). The van der Waals surface area contributed by atoms with Gasteiger partial charge in [-0.05, 0) is 42.8 Å².